The lowest BCUT2D eigenvalue weighted by Crippen LogP contribution is -2.23. The van der Waals surface area contributed by atoms with Crippen LogP contribution < -0.4 is 10.6 Å². The summed E-state index contributed by atoms with van der Waals surface area (Å²) in [6, 6.07) is 7.28. The van der Waals surface area contributed by atoms with Crippen molar-refractivity contribution in [3.63, 3.8) is 0 Å². The number of carbonyl (C=O) groups excluding carboxylic acids is 2. The number of amides is 2. The van der Waals surface area contributed by atoms with Crippen molar-refractivity contribution in [3.05, 3.63) is 52.0 Å². The number of aryl methyl sites for hydroxylation is 1. The molecule has 2 rings (SSSR count). The molecule has 126 valence electrons. The number of nitrogens with one attached hydrogen (secondary N) is 2. The van der Waals surface area contributed by atoms with Gasteiger partial charge in [0.2, 0.25) is 11.8 Å². The Labute approximate surface area is 145 Å². The van der Waals surface area contributed by atoms with Gasteiger partial charge in [-0.15, -0.1) is 11.3 Å². The van der Waals surface area contributed by atoms with Crippen LogP contribution in [0.1, 0.15) is 30.1 Å². The largest absolute Gasteiger partial charge is 0.352 e. The highest BCUT2D eigenvalue weighted by molar-refractivity contribution is 7.09. The van der Waals surface area contributed by atoms with Gasteiger partial charge < -0.3 is 10.6 Å². The summed E-state index contributed by atoms with van der Waals surface area (Å²) in [5, 5.41) is 8.71. The molecule has 0 saturated heterocycles. The van der Waals surface area contributed by atoms with Crippen LogP contribution in [0.25, 0.3) is 6.08 Å². The van der Waals surface area contributed by atoms with Crippen molar-refractivity contribution in [2.45, 2.75) is 26.7 Å². The highest BCUT2D eigenvalue weighted by atomic mass is 32.1. The Morgan fingerprint density at radius 3 is 2.62 bits per heavy atom. The summed E-state index contributed by atoms with van der Waals surface area (Å²) in [5.74, 6) is -0.240. The van der Waals surface area contributed by atoms with Gasteiger partial charge in [-0.05, 0) is 30.2 Å². The van der Waals surface area contributed by atoms with E-state index in [1.807, 2.05) is 17.5 Å². The summed E-state index contributed by atoms with van der Waals surface area (Å²) >= 11 is 1.66. The van der Waals surface area contributed by atoms with E-state index in [0.717, 1.165) is 34.8 Å². The smallest absolute Gasteiger partial charge is 0.244 e. The second-order valence-corrected chi connectivity index (χ2v) is 6.21. The van der Waals surface area contributed by atoms with Crippen molar-refractivity contribution in [1.82, 2.24) is 10.3 Å². The Hall–Kier alpha value is -2.47. The number of rotatable bonds is 7. The van der Waals surface area contributed by atoms with Crippen LogP contribution in [0.3, 0.4) is 0 Å². The van der Waals surface area contributed by atoms with Gasteiger partial charge in [0.15, 0.2) is 0 Å². The molecule has 0 aliphatic heterocycles. The molecular weight excluding hydrogens is 322 g/mol. The highest BCUT2D eigenvalue weighted by Gasteiger charge is 2.01. The number of benzene rings is 1. The molecule has 0 spiro atoms. The molecule has 2 N–H and O–H groups in total. The maximum atomic E-state index is 11.8. The monoisotopic (exact) mass is 343 g/mol. The zero-order valence-electron chi connectivity index (χ0n) is 13.8. The molecule has 6 heteroatoms. The van der Waals surface area contributed by atoms with Crippen LogP contribution in [0, 0.1) is 0 Å². The molecule has 0 aliphatic carbocycles. The molecule has 0 bridgehead atoms. The fraction of sp³-hybridized carbons (Fsp3) is 0.278. The molecule has 1 aromatic carbocycles. The lowest BCUT2D eigenvalue weighted by molar-refractivity contribution is -0.116. The zero-order chi connectivity index (χ0) is 17.4. The molecule has 24 heavy (non-hydrogen) atoms. The van der Waals surface area contributed by atoms with Gasteiger partial charge in [-0.2, -0.15) is 0 Å². The van der Waals surface area contributed by atoms with E-state index in [-0.39, 0.29) is 11.8 Å². The molecule has 0 radical (unpaired) electrons. The maximum Gasteiger partial charge on any atom is 0.244 e. The van der Waals surface area contributed by atoms with Crippen LogP contribution in [-0.2, 0) is 22.4 Å². The van der Waals surface area contributed by atoms with Crippen molar-refractivity contribution in [2.24, 2.45) is 0 Å². The minimum Gasteiger partial charge on any atom is -0.352 e. The predicted octanol–water partition coefficient (Wildman–Crippen LogP) is 3.04. The number of hydrogen-bond acceptors (Lipinski definition) is 4. The third-order valence-electron chi connectivity index (χ3n) is 3.24. The van der Waals surface area contributed by atoms with Gasteiger partial charge >= 0.3 is 0 Å². The molecule has 2 aromatic rings. The summed E-state index contributed by atoms with van der Waals surface area (Å²) < 4.78 is 0. The van der Waals surface area contributed by atoms with E-state index in [1.165, 1.54) is 13.0 Å². The van der Waals surface area contributed by atoms with Crippen LogP contribution in [0.4, 0.5) is 5.69 Å². The van der Waals surface area contributed by atoms with Gasteiger partial charge in [-0.3, -0.25) is 9.59 Å². The number of aromatic nitrogens is 1. The minimum atomic E-state index is -0.133. The van der Waals surface area contributed by atoms with E-state index in [0.29, 0.717) is 6.54 Å². The number of carbonyl (C=O) groups is 2. The summed E-state index contributed by atoms with van der Waals surface area (Å²) in [7, 11) is 0. The standard InChI is InChI=1S/C18H21N3O2S/c1-3-18-21-16(12-24-18)10-11-19-17(23)9-6-14-4-7-15(8-5-14)20-13(2)22/h4-9,12H,3,10-11H2,1-2H3,(H,19,23)(H,20,22)/b9-6-. The van der Waals surface area contributed by atoms with Crippen molar-refractivity contribution in [2.75, 3.05) is 11.9 Å². The van der Waals surface area contributed by atoms with Crippen molar-refractivity contribution >= 4 is 34.9 Å². The quantitative estimate of drug-likeness (QED) is 0.759. The van der Waals surface area contributed by atoms with Crippen LogP contribution in [-0.4, -0.2) is 23.3 Å². The highest BCUT2D eigenvalue weighted by Crippen LogP contribution is 2.11. The Morgan fingerprint density at radius 1 is 1.25 bits per heavy atom. The predicted molar refractivity (Wildman–Crippen MR) is 98.0 cm³/mol. The van der Waals surface area contributed by atoms with Gasteiger partial charge in [0.25, 0.3) is 0 Å². The van der Waals surface area contributed by atoms with Crippen molar-refractivity contribution in [1.29, 1.82) is 0 Å². The molecule has 0 aliphatic rings. The van der Waals surface area contributed by atoms with E-state index in [4.69, 9.17) is 0 Å². The van der Waals surface area contributed by atoms with Crippen LogP contribution in [0.5, 0.6) is 0 Å². The Morgan fingerprint density at radius 2 is 2.00 bits per heavy atom. The summed E-state index contributed by atoms with van der Waals surface area (Å²) in [5.41, 5.74) is 2.65. The molecular formula is C18H21N3O2S. The number of hydrogen-bond donors (Lipinski definition) is 2. The third kappa shape index (κ3) is 5.96. The minimum absolute atomic E-state index is 0.108. The number of nitrogens with zero attached hydrogens (tertiary/aromatic N) is 1. The van der Waals surface area contributed by atoms with Crippen LogP contribution in [0.2, 0.25) is 0 Å². The molecule has 0 fully saturated rings. The first-order chi connectivity index (χ1) is 11.6. The summed E-state index contributed by atoms with van der Waals surface area (Å²) in [4.78, 5) is 27.2. The first-order valence-corrected chi connectivity index (χ1v) is 8.71. The first-order valence-electron chi connectivity index (χ1n) is 7.83. The van der Waals surface area contributed by atoms with Crippen molar-refractivity contribution in [3.8, 4) is 0 Å². The molecule has 5 nitrogen and oxygen atoms in total. The molecule has 1 heterocycles. The Bertz CT molecular complexity index is 720. The number of anilines is 1. The van der Waals surface area contributed by atoms with Gasteiger partial charge in [-0.25, -0.2) is 4.98 Å². The molecule has 0 saturated carbocycles. The average Bonchev–Trinajstić information content (AvgIpc) is 3.02. The van der Waals surface area contributed by atoms with Gasteiger partial charge in [0, 0.05) is 37.0 Å². The fourth-order valence-electron chi connectivity index (χ4n) is 2.05. The molecule has 0 unspecified atom stereocenters. The van der Waals surface area contributed by atoms with Gasteiger partial charge in [0.05, 0.1) is 10.7 Å². The number of thiazole rings is 1. The van der Waals surface area contributed by atoms with Gasteiger partial charge in [-0.1, -0.05) is 19.1 Å². The first kappa shape index (κ1) is 17.9. The second kappa shape index (κ2) is 8.98. The van der Waals surface area contributed by atoms with Crippen LogP contribution in [0.15, 0.2) is 35.7 Å². The SMILES string of the molecule is CCc1nc(CCNC(=O)/C=C\c2ccc(NC(C)=O)cc2)cs1. The van der Waals surface area contributed by atoms with E-state index < -0.39 is 0 Å². The van der Waals surface area contributed by atoms with Gasteiger partial charge in [0.1, 0.15) is 0 Å². The maximum absolute atomic E-state index is 11.8. The molecule has 1 aromatic heterocycles. The summed E-state index contributed by atoms with van der Waals surface area (Å²) in [6.07, 6.45) is 4.93. The Kier molecular flexibility index (Phi) is 6.69. The van der Waals surface area contributed by atoms with E-state index >= 15 is 0 Å². The molecule has 2 amide bonds. The third-order valence-corrected chi connectivity index (χ3v) is 4.28. The summed E-state index contributed by atoms with van der Waals surface area (Å²) in [6.45, 7) is 4.11. The van der Waals surface area contributed by atoms with E-state index in [9.17, 15) is 9.59 Å². The normalized spacial score (nSPS) is 10.8. The second-order valence-electron chi connectivity index (χ2n) is 5.26. The lowest BCUT2D eigenvalue weighted by atomic mass is 10.2. The lowest BCUT2D eigenvalue weighted by Gasteiger charge is -2.02. The van der Waals surface area contributed by atoms with E-state index in [2.05, 4.69) is 22.5 Å². The zero-order valence-corrected chi connectivity index (χ0v) is 14.7. The van der Waals surface area contributed by atoms with E-state index in [1.54, 1.807) is 29.5 Å². The topological polar surface area (TPSA) is 71.1 Å². The van der Waals surface area contributed by atoms with Crippen molar-refractivity contribution < 1.29 is 9.59 Å². The molecule has 0 atom stereocenters. The van der Waals surface area contributed by atoms with Crippen LogP contribution >= 0.6 is 11.3 Å². The fourth-order valence-corrected chi connectivity index (χ4v) is 2.83. The average molecular weight is 343 g/mol. The Balaban J connectivity index is 1.76.